The summed E-state index contributed by atoms with van der Waals surface area (Å²) in [5.41, 5.74) is 8.12. The summed E-state index contributed by atoms with van der Waals surface area (Å²) in [6.45, 7) is 0.123. The van der Waals surface area contributed by atoms with Crippen LogP contribution in [0.2, 0.25) is 0 Å². The van der Waals surface area contributed by atoms with Gasteiger partial charge in [-0.05, 0) is 41.0 Å². The molecule has 0 spiro atoms. The van der Waals surface area contributed by atoms with Crippen molar-refractivity contribution < 1.29 is 23.1 Å². The van der Waals surface area contributed by atoms with Crippen molar-refractivity contribution in [3.63, 3.8) is 0 Å². The lowest BCUT2D eigenvalue weighted by atomic mass is 10.1. The molecule has 1 unspecified atom stereocenters. The molecule has 36 heavy (non-hydrogen) atoms. The van der Waals surface area contributed by atoms with Crippen molar-refractivity contribution >= 4 is 27.8 Å². The van der Waals surface area contributed by atoms with Crippen molar-refractivity contribution in [2.45, 2.75) is 30.3 Å². The molecule has 0 aliphatic carbocycles. The van der Waals surface area contributed by atoms with Crippen LogP contribution in [0, 0.1) is 0 Å². The number of nitrogens with one attached hydrogen (secondary N) is 2. The van der Waals surface area contributed by atoms with E-state index in [4.69, 9.17) is 10.9 Å². The van der Waals surface area contributed by atoms with Gasteiger partial charge in [0.15, 0.2) is 5.96 Å². The Morgan fingerprint density at radius 2 is 1.50 bits per heavy atom. The molecule has 1 atom stereocenters. The average Bonchev–Trinajstić information content (AvgIpc) is 2.84. The maximum absolute atomic E-state index is 13.0. The van der Waals surface area contributed by atoms with Crippen LogP contribution in [0.25, 0.3) is 0 Å². The van der Waals surface area contributed by atoms with Crippen molar-refractivity contribution in [3.8, 4) is 5.75 Å². The zero-order valence-corrected chi connectivity index (χ0v) is 20.1. The van der Waals surface area contributed by atoms with Gasteiger partial charge in [-0.1, -0.05) is 54.6 Å². The minimum atomic E-state index is -3.81. The second-order valence-electron chi connectivity index (χ2n) is 8.02. The molecule has 0 heterocycles. The predicted octanol–water partition coefficient (Wildman–Crippen LogP) is 0.941. The summed E-state index contributed by atoms with van der Waals surface area (Å²) >= 11 is 0. The molecular weight excluding hydrogens is 482 g/mol. The SMILES string of the molecule is NC(=NC(Cc1ccccc1)C(=O)NCc1ccc(S(N)(=O)=O)cc1)NC(=O)Cc1ccc(O)cc1. The molecule has 0 aliphatic heterocycles. The van der Waals surface area contributed by atoms with E-state index in [1.807, 2.05) is 30.3 Å². The van der Waals surface area contributed by atoms with Gasteiger partial charge in [-0.3, -0.25) is 14.9 Å². The van der Waals surface area contributed by atoms with Crippen molar-refractivity contribution in [3.05, 3.63) is 95.6 Å². The number of amides is 2. The van der Waals surface area contributed by atoms with Crippen molar-refractivity contribution in [1.82, 2.24) is 10.6 Å². The number of sulfonamides is 1. The van der Waals surface area contributed by atoms with E-state index >= 15 is 0 Å². The van der Waals surface area contributed by atoms with Crippen molar-refractivity contribution in [1.29, 1.82) is 0 Å². The second kappa shape index (κ2) is 12.0. The maximum Gasteiger partial charge on any atom is 0.245 e. The summed E-state index contributed by atoms with van der Waals surface area (Å²) in [5, 5.41) is 19.7. The number of benzene rings is 3. The van der Waals surface area contributed by atoms with Gasteiger partial charge >= 0.3 is 0 Å². The molecule has 0 saturated heterocycles. The van der Waals surface area contributed by atoms with Gasteiger partial charge in [0.1, 0.15) is 11.8 Å². The summed E-state index contributed by atoms with van der Waals surface area (Å²) in [4.78, 5) is 29.5. The molecule has 11 heteroatoms. The molecule has 0 bridgehead atoms. The number of primary sulfonamides is 1. The number of hydrogen-bond acceptors (Lipinski definition) is 6. The van der Waals surface area contributed by atoms with E-state index in [-0.39, 0.29) is 36.0 Å². The molecule has 3 aromatic carbocycles. The number of hydrogen-bond donors (Lipinski definition) is 5. The number of nitrogens with two attached hydrogens (primary N) is 2. The van der Waals surface area contributed by atoms with Crippen molar-refractivity contribution in [2.75, 3.05) is 0 Å². The highest BCUT2D eigenvalue weighted by Crippen LogP contribution is 2.11. The first-order chi connectivity index (χ1) is 17.1. The molecule has 0 aliphatic rings. The molecule has 3 rings (SSSR count). The number of carbonyl (C=O) groups is 2. The zero-order chi connectivity index (χ0) is 26.1. The van der Waals surface area contributed by atoms with Crippen LogP contribution in [0.3, 0.4) is 0 Å². The first-order valence-corrected chi connectivity index (χ1v) is 12.5. The van der Waals surface area contributed by atoms with Gasteiger partial charge in [-0.2, -0.15) is 0 Å². The molecule has 0 radical (unpaired) electrons. The third-order valence-corrected chi connectivity index (χ3v) is 6.09. The number of phenols is 1. The van der Waals surface area contributed by atoms with E-state index in [1.54, 1.807) is 24.3 Å². The third-order valence-electron chi connectivity index (χ3n) is 5.16. The number of aliphatic imine (C=N–C) groups is 1. The van der Waals surface area contributed by atoms with E-state index in [0.29, 0.717) is 11.1 Å². The maximum atomic E-state index is 13.0. The number of carbonyl (C=O) groups excluding carboxylic acids is 2. The summed E-state index contributed by atoms with van der Waals surface area (Å²) < 4.78 is 22.8. The van der Waals surface area contributed by atoms with Gasteiger partial charge in [0.05, 0.1) is 11.3 Å². The Hall–Kier alpha value is -4.22. The Morgan fingerprint density at radius 1 is 0.889 bits per heavy atom. The van der Waals surface area contributed by atoms with E-state index in [1.165, 1.54) is 24.3 Å². The quantitative estimate of drug-likeness (QED) is 0.212. The predicted molar refractivity (Wildman–Crippen MR) is 135 cm³/mol. The minimum Gasteiger partial charge on any atom is -0.508 e. The topological polar surface area (TPSA) is 177 Å². The summed E-state index contributed by atoms with van der Waals surface area (Å²) in [7, 11) is -3.81. The number of nitrogens with zero attached hydrogens (tertiary/aromatic N) is 1. The zero-order valence-electron chi connectivity index (χ0n) is 19.3. The largest absolute Gasteiger partial charge is 0.508 e. The average molecular weight is 510 g/mol. The molecule has 188 valence electrons. The minimum absolute atomic E-state index is 0.0144. The van der Waals surface area contributed by atoms with Gasteiger partial charge in [-0.25, -0.2) is 18.5 Å². The lowest BCUT2D eigenvalue weighted by Gasteiger charge is -2.15. The first-order valence-electron chi connectivity index (χ1n) is 10.9. The van der Waals surface area contributed by atoms with E-state index in [2.05, 4.69) is 15.6 Å². The second-order valence-corrected chi connectivity index (χ2v) is 9.58. The van der Waals surface area contributed by atoms with Crippen LogP contribution >= 0.6 is 0 Å². The fraction of sp³-hybridized carbons (Fsp3) is 0.160. The lowest BCUT2D eigenvalue weighted by molar-refractivity contribution is -0.122. The number of rotatable bonds is 9. The fourth-order valence-electron chi connectivity index (χ4n) is 3.32. The Kier molecular flexibility index (Phi) is 8.76. The van der Waals surface area contributed by atoms with Crippen LogP contribution in [-0.4, -0.2) is 37.3 Å². The van der Waals surface area contributed by atoms with Crippen LogP contribution in [0.5, 0.6) is 5.75 Å². The first kappa shape index (κ1) is 26.4. The summed E-state index contributed by atoms with van der Waals surface area (Å²) in [6, 6.07) is 20.3. The molecule has 3 aromatic rings. The van der Waals surface area contributed by atoms with E-state index in [0.717, 1.165) is 5.56 Å². The van der Waals surface area contributed by atoms with Gasteiger partial charge in [0.2, 0.25) is 21.8 Å². The number of phenolic OH excluding ortho intramolecular Hbond substituents is 1. The van der Waals surface area contributed by atoms with Gasteiger partial charge < -0.3 is 16.2 Å². The van der Waals surface area contributed by atoms with Crippen molar-refractivity contribution in [2.24, 2.45) is 15.9 Å². The Labute approximate surface area is 209 Å². The number of guanidine groups is 1. The van der Waals surface area contributed by atoms with Crippen LogP contribution in [-0.2, 0) is 39.0 Å². The van der Waals surface area contributed by atoms with E-state index < -0.39 is 27.9 Å². The molecule has 7 N–H and O–H groups in total. The highest BCUT2D eigenvalue weighted by Gasteiger charge is 2.19. The van der Waals surface area contributed by atoms with Crippen LogP contribution < -0.4 is 21.5 Å². The van der Waals surface area contributed by atoms with E-state index in [9.17, 15) is 23.1 Å². The van der Waals surface area contributed by atoms with Gasteiger partial charge in [0, 0.05) is 13.0 Å². The standard InChI is InChI=1S/C25H27N5O5S/c26-25(30-23(32)15-18-6-10-20(31)11-7-18)29-22(14-17-4-2-1-3-5-17)24(33)28-16-19-8-12-21(13-9-19)36(27,34)35/h1-13,22,31H,14-16H2,(H,28,33)(H2,27,34,35)(H3,26,29,30,32). The molecule has 10 nitrogen and oxygen atoms in total. The summed E-state index contributed by atoms with van der Waals surface area (Å²) in [5.74, 6) is -0.955. The highest BCUT2D eigenvalue weighted by molar-refractivity contribution is 7.89. The highest BCUT2D eigenvalue weighted by atomic mass is 32.2. The third kappa shape index (κ3) is 8.22. The van der Waals surface area contributed by atoms with Gasteiger partial charge in [0.25, 0.3) is 0 Å². The van der Waals surface area contributed by atoms with Gasteiger partial charge in [-0.15, -0.1) is 0 Å². The Morgan fingerprint density at radius 3 is 2.11 bits per heavy atom. The smallest absolute Gasteiger partial charge is 0.245 e. The van der Waals surface area contributed by atoms with Crippen LogP contribution in [0.4, 0.5) is 0 Å². The Bertz CT molecular complexity index is 1330. The number of aromatic hydroxyl groups is 1. The molecule has 0 fully saturated rings. The summed E-state index contributed by atoms with van der Waals surface area (Å²) in [6.07, 6.45) is 0.256. The molecule has 2 amide bonds. The van der Waals surface area contributed by atoms with Crippen LogP contribution in [0.15, 0.2) is 88.8 Å². The Balaban J connectivity index is 1.68. The normalized spacial score (nSPS) is 12.5. The molecule has 0 saturated carbocycles. The molecular formula is C25H27N5O5S. The monoisotopic (exact) mass is 509 g/mol. The van der Waals surface area contributed by atoms with Crippen LogP contribution in [0.1, 0.15) is 16.7 Å². The lowest BCUT2D eigenvalue weighted by Crippen LogP contribution is -2.42. The molecule has 0 aromatic heterocycles. The fourth-order valence-corrected chi connectivity index (χ4v) is 3.84.